The predicted molar refractivity (Wildman–Crippen MR) is 69.2 cm³/mol. The molecule has 0 amide bonds. The van der Waals surface area contributed by atoms with Gasteiger partial charge in [-0.05, 0) is 12.5 Å². The molecule has 0 aliphatic carbocycles. The summed E-state index contributed by atoms with van der Waals surface area (Å²) >= 11 is 0. The van der Waals surface area contributed by atoms with Gasteiger partial charge in [0.15, 0.2) is 0 Å². The van der Waals surface area contributed by atoms with Crippen LogP contribution >= 0.6 is 0 Å². The Kier molecular flexibility index (Phi) is 19.0. The summed E-state index contributed by atoms with van der Waals surface area (Å²) in [5.41, 5.74) is 0.537. The molecule has 101 valence electrons. The molecule has 1 atom stereocenters. The van der Waals surface area contributed by atoms with Gasteiger partial charge in [0.1, 0.15) is 18.4 Å². The quantitative estimate of drug-likeness (QED) is 0.372. The fraction of sp³-hybridized carbons (Fsp3) is 0.500. The summed E-state index contributed by atoms with van der Waals surface area (Å²) in [5.74, 6) is -0.158. The largest absolute Gasteiger partial charge is 0.358 e. The van der Waals surface area contributed by atoms with Crippen LogP contribution in [-0.2, 0) is 47.1 Å². The van der Waals surface area contributed by atoms with E-state index in [-0.39, 0.29) is 64.7 Å². The van der Waals surface area contributed by atoms with Crippen molar-refractivity contribution in [3.63, 3.8) is 0 Å². The number of hydrogen-bond donors (Lipinski definition) is 0. The summed E-state index contributed by atoms with van der Waals surface area (Å²) < 4.78 is 0. The fourth-order valence-electron chi connectivity index (χ4n) is 1.55. The van der Waals surface area contributed by atoms with Crippen molar-refractivity contribution in [3.8, 4) is 0 Å². The van der Waals surface area contributed by atoms with Crippen molar-refractivity contribution in [2.75, 3.05) is 0 Å². The first kappa shape index (κ1) is 23.0. The fourth-order valence-corrected chi connectivity index (χ4v) is 1.55. The molecule has 1 radical (unpaired) electrons. The first-order chi connectivity index (χ1) is 7.69. The third kappa shape index (κ3) is 9.84. The molecule has 0 fully saturated rings. The van der Waals surface area contributed by atoms with E-state index in [9.17, 15) is 14.4 Å². The Morgan fingerprint density at radius 3 is 2.33 bits per heavy atom. The Balaban J connectivity index is -0.00000112. The molecular weight excluding hydrogens is 305 g/mol. The number of ketones is 1. The molecule has 0 rings (SSSR count). The van der Waals surface area contributed by atoms with E-state index in [0.717, 1.165) is 25.4 Å². The van der Waals surface area contributed by atoms with E-state index in [1.54, 1.807) is 13.0 Å². The molecule has 0 aromatic carbocycles. The average molecular weight is 327 g/mol. The van der Waals surface area contributed by atoms with Gasteiger partial charge in [-0.3, -0.25) is 9.59 Å². The van der Waals surface area contributed by atoms with Crippen LogP contribution in [0.25, 0.3) is 0 Å². The van der Waals surface area contributed by atoms with Gasteiger partial charge in [-0.1, -0.05) is 12.5 Å². The van der Waals surface area contributed by atoms with E-state index in [0.29, 0.717) is 12.0 Å². The molecule has 0 aliphatic rings. The summed E-state index contributed by atoms with van der Waals surface area (Å²) in [7, 11) is 0. The van der Waals surface area contributed by atoms with Crippen LogP contribution in [0.5, 0.6) is 0 Å². The van der Waals surface area contributed by atoms with Gasteiger partial charge in [0, 0.05) is 57.9 Å². The normalized spacial score (nSPS) is 11.8. The van der Waals surface area contributed by atoms with Gasteiger partial charge < -0.3 is 19.1 Å². The Bertz CT molecular complexity index is 272. The number of carbonyl (C=O) groups excluding carboxylic acids is 3. The maximum atomic E-state index is 11.5. The number of allylic oxidation sites excluding steroid dienone is 2. The molecule has 0 spiro atoms. The zero-order valence-electron chi connectivity index (χ0n) is 11.4. The van der Waals surface area contributed by atoms with Crippen LogP contribution in [0.4, 0.5) is 0 Å². The van der Waals surface area contributed by atoms with Gasteiger partial charge in [0.05, 0.1) is 0 Å². The van der Waals surface area contributed by atoms with Gasteiger partial charge in [-0.25, -0.2) is 0 Å². The smallest absolute Gasteiger partial charge is 0.146 e. The number of hydrogen-bond acceptors (Lipinski definition) is 3. The molecule has 0 saturated carbocycles. The standard InChI is InChI=1S/C13H19O3.CH3.Y/c1-3-5-6-13(16)9-12(7-8-14)11(4-2)10-15;;/h4,8,10,12H,1,3,5-7,9H2,2H3;1H3;/q2*-1;/b11-4-;;/t12-;;/m0../s1. The van der Waals surface area contributed by atoms with Crippen LogP contribution in [0, 0.1) is 20.3 Å². The summed E-state index contributed by atoms with van der Waals surface area (Å²) in [6.45, 7) is 5.40. The minimum Gasteiger partial charge on any atom is -0.358 e. The van der Waals surface area contributed by atoms with Crippen LogP contribution in [0.2, 0.25) is 0 Å². The zero-order chi connectivity index (χ0) is 12.4. The minimum atomic E-state index is -0.252. The van der Waals surface area contributed by atoms with Crippen LogP contribution in [0.3, 0.4) is 0 Å². The SMILES string of the molecule is [CH2-]CCCC(=O)C[C@H](CC=O)/C(C=O)=C\C.[CH3-].[Y]. The van der Waals surface area contributed by atoms with E-state index in [1.165, 1.54) is 0 Å². The Morgan fingerprint density at radius 2 is 1.94 bits per heavy atom. The molecule has 3 nitrogen and oxygen atoms in total. The van der Waals surface area contributed by atoms with Crippen molar-refractivity contribution in [2.24, 2.45) is 5.92 Å². The second-order valence-corrected chi connectivity index (χ2v) is 3.71. The molecule has 0 saturated heterocycles. The third-order valence-corrected chi connectivity index (χ3v) is 2.50. The molecule has 0 aromatic rings. The molecule has 0 bridgehead atoms. The van der Waals surface area contributed by atoms with E-state index in [2.05, 4.69) is 6.92 Å². The third-order valence-electron chi connectivity index (χ3n) is 2.50. The monoisotopic (exact) mass is 327 g/mol. The number of rotatable bonds is 9. The maximum Gasteiger partial charge on any atom is 0.146 e. The molecule has 0 aliphatic heterocycles. The number of aldehydes is 2. The molecule has 0 unspecified atom stereocenters. The van der Waals surface area contributed by atoms with Crippen LogP contribution in [0.15, 0.2) is 11.6 Å². The molecule has 0 N–H and O–H groups in total. The Labute approximate surface area is 136 Å². The van der Waals surface area contributed by atoms with Crippen molar-refractivity contribution in [1.82, 2.24) is 0 Å². The Hall–Kier alpha value is -0.146. The van der Waals surface area contributed by atoms with Gasteiger partial charge in [0.2, 0.25) is 0 Å². The summed E-state index contributed by atoms with van der Waals surface area (Å²) in [4.78, 5) is 32.8. The van der Waals surface area contributed by atoms with Gasteiger partial charge in [-0.15, -0.1) is 0 Å². The van der Waals surface area contributed by atoms with Crippen molar-refractivity contribution in [2.45, 2.75) is 39.0 Å². The molecule has 0 heterocycles. The van der Waals surface area contributed by atoms with Crippen molar-refractivity contribution < 1.29 is 47.1 Å². The van der Waals surface area contributed by atoms with Gasteiger partial charge >= 0.3 is 0 Å². The summed E-state index contributed by atoms with van der Waals surface area (Å²) in [6, 6.07) is 0. The predicted octanol–water partition coefficient (Wildman–Crippen LogP) is 2.75. The number of unbranched alkanes of at least 4 members (excludes halogenated alkanes) is 1. The van der Waals surface area contributed by atoms with Crippen LogP contribution in [-0.4, -0.2) is 18.4 Å². The van der Waals surface area contributed by atoms with Crippen molar-refractivity contribution in [1.29, 1.82) is 0 Å². The molecule has 18 heavy (non-hydrogen) atoms. The minimum absolute atomic E-state index is 0. The number of Topliss-reactive ketones (excluding diaryl/α,β-unsaturated/α-hetero) is 1. The van der Waals surface area contributed by atoms with E-state index >= 15 is 0 Å². The second-order valence-electron chi connectivity index (χ2n) is 3.71. The van der Waals surface area contributed by atoms with Gasteiger partial charge in [0.25, 0.3) is 0 Å². The van der Waals surface area contributed by atoms with Crippen molar-refractivity contribution in [3.05, 3.63) is 26.0 Å². The van der Waals surface area contributed by atoms with Gasteiger partial charge in [-0.2, -0.15) is 6.42 Å². The maximum absolute atomic E-state index is 11.5. The molecular formula is C14H22O3Y-2. The average Bonchev–Trinajstić information content (AvgIpc) is 2.28. The van der Waals surface area contributed by atoms with Crippen molar-refractivity contribution >= 4 is 18.4 Å². The Morgan fingerprint density at radius 1 is 1.33 bits per heavy atom. The van der Waals surface area contributed by atoms with E-state index in [4.69, 9.17) is 0 Å². The van der Waals surface area contributed by atoms with E-state index < -0.39 is 0 Å². The topological polar surface area (TPSA) is 51.2 Å². The van der Waals surface area contributed by atoms with Crippen LogP contribution < -0.4 is 0 Å². The summed E-state index contributed by atoms with van der Waals surface area (Å²) in [5, 5.41) is 0. The second kappa shape index (κ2) is 14.9. The number of carbonyl (C=O) groups is 3. The van der Waals surface area contributed by atoms with Crippen LogP contribution in [0.1, 0.15) is 39.0 Å². The van der Waals surface area contributed by atoms with E-state index in [1.807, 2.05) is 0 Å². The molecule has 4 heteroatoms. The summed E-state index contributed by atoms with van der Waals surface area (Å²) in [6.07, 6.45) is 5.62. The first-order valence-electron chi connectivity index (χ1n) is 5.55. The zero-order valence-corrected chi connectivity index (χ0v) is 14.2. The molecule has 0 aromatic heterocycles. The first-order valence-corrected chi connectivity index (χ1v) is 5.55.